The summed E-state index contributed by atoms with van der Waals surface area (Å²) in [6.45, 7) is 2.71. The van der Waals surface area contributed by atoms with E-state index in [1.54, 1.807) is 0 Å². The number of nitrogens with zero attached hydrogens (tertiary/aromatic N) is 2. The number of halogens is 1. The summed E-state index contributed by atoms with van der Waals surface area (Å²) in [5.41, 5.74) is 3.20. The van der Waals surface area contributed by atoms with E-state index >= 15 is 0 Å². The van der Waals surface area contributed by atoms with Gasteiger partial charge in [-0.05, 0) is 18.6 Å². The molecule has 0 aliphatic carbocycles. The molecule has 1 amide bonds. The van der Waals surface area contributed by atoms with E-state index in [1.165, 1.54) is 0 Å². The molecule has 1 aliphatic heterocycles. The molecule has 18 heavy (non-hydrogen) atoms. The number of rotatable bonds is 2. The van der Waals surface area contributed by atoms with E-state index in [1.807, 2.05) is 12.1 Å². The molecule has 94 valence electrons. The Balaban J connectivity index is 2.22. The van der Waals surface area contributed by atoms with Crippen LogP contribution in [-0.4, -0.2) is 22.0 Å². The maximum Gasteiger partial charge on any atom is 0.222 e. The van der Waals surface area contributed by atoms with Crippen LogP contribution in [0.15, 0.2) is 18.2 Å². The Morgan fingerprint density at radius 3 is 3.06 bits per heavy atom. The van der Waals surface area contributed by atoms with E-state index in [4.69, 9.17) is 11.6 Å². The molecule has 5 heteroatoms. The van der Waals surface area contributed by atoms with Gasteiger partial charge < -0.3 is 9.88 Å². The largest absolute Gasteiger partial charge is 0.354 e. The Kier molecular flexibility index (Phi) is 2.74. The number of alkyl halides is 1. The minimum absolute atomic E-state index is 0.0935. The molecule has 1 aliphatic rings. The van der Waals surface area contributed by atoms with Gasteiger partial charge in [-0.25, -0.2) is 4.98 Å². The van der Waals surface area contributed by atoms with Gasteiger partial charge in [0.2, 0.25) is 5.91 Å². The number of fused-ring (bicyclic) bond motifs is 1. The zero-order chi connectivity index (χ0) is 12.7. The summed E-state index contributed by atoms with van der Waals surface area (Å²) in [6.07, 6.45) is 0.504. The molecule has 1 atom stereocenters. The zero-order valence-corrected chi connectivity index (χ0v) is 10.9. The molecule has 1 aromatic carbocycles. The van der Waals surface area contributed by atoms with Gasteiger partial charge in [0.25, 0.3) is 0 Å². The number of nitrogens with one attached hydrogen (secondary N) is 1. The molecule has 0 saturated carbocycles. The normalized spacial score (nSPS) is 19.4. The molecule has 3 rings (SSSR count). The second-order valence-electron chi connectivity index (χ2n) is 4.64. The predicted octanol–water partition coefficient (Wildman–Crippen LogP) is 2.14. The molecule has 2 heterocycles. The Morgan fingerprint density at radius 1 is 1.56 bits per heavy atom. The van der Waals surface area contributed by atoms with Crippen molar-refractivity contribution >= 4 is 28.5 Å². The molecular formula is C13H14ClN3O. The summed E-state index contributed by atoms with van der Waals surface area (Å²) in [4.78, 5) is 15.9. The van der Waals surface area contributed by atoms with Gasteiger partial charge in [-0.1, -0.05) is 12.1 Å². The maximum atomic E-state index is 11.4. The summed E-state index contributed by atoms with van der Waals surface area (Å²) < 4.78 is 2.12. The van der Waals surface area contributed by atoms with Crippen molar-refractivity contribution in [2.24, 2.45) is 0 Å². The summed E-state index contributed by atoms with van der Waals surface area (Å²) in [5.74, 6) is 1.29. The number of aryl methyl sites for hydroxylation is 1. The van der Waals surface area contributed by atoms with Crippen LogP contribution in [0.3, 0.4) is 0 Å². The van der Waals surface area contributed by atoms with Crippen LogP contribution < -0.4 is 5.32 Å². The number of hydrogen-bond acceptors (Lipinski definition) is 2. The lowest BCUT2D eigenvalue weighted by Crippen LogP contribution is -2.16. The van der Waals surface area contributed by atoms with Crippen LogP contribution in [-0.2, 0) is 10.7 Å². The summed E-state index contributed by atoms with van der Waals surface area (Å²) >= 11 is 5.98. The Hall–Kier alpha value is -1.55. The molecule has 1 saturated heterocycles. The summed E-state index contributed by atoms with van der Waals surface area (Å²) in [7, 11) is 0. The van der Waals surface area contributed by atoms with Crippen LogP contribution in [0.1, 0.15) is 23.9 Å². The van der Waals surface area contributed by atoms with Crippen LogP contribution in [0, 0.1) is 6.92 Å². The monoisotopic (exact) mass is 263 g/mol. The van der Waals surface area contributed by atoms with Crippen molar-refractivity contribution < 1.29 is 4.79 Å². The fraction of sp³-hybridized carbons (Fsp3) is 0.385. The van der Waals surface area contributed by atoms with Gasteiger partial charge in [0, 0.05) is 13.0 Å². The van der Waals surface area contributed by atoms with Crippen molar-refractivity contribution in [1.29, 1.82) is 0 Å². The van der Waals surface area contributed by atoms with Crippen LogP contribution in [0.5, 0.6) is 0 Å². The SMILES string of the molecule is Cc1cccc2nc(CCl)n(C3CNC(=O)C3)c12. The van der Waals surface area contributed by atoms with Gasteiger partial charge in [-0.3, -0.25) is 4.79 Å². The first-order valence-corrected chi connectivity index (χ1v) is 6.53. The molecule has 2 aromatic rings. The molecular weight excluding hydrogens is 250 g/mol. The van der Waals surface area contributed by atoms with E-state index < -0.39 is 0 Å². The quantitative estimate of drug-likeness (QED) is 0.844. The Bertz CT molecular complexity index is 620. The van der Waals surface area contributed by atoms with Crippen LogP contribution in [0.4, 0.5) is 0 Å². The highest BCUT2D eigenvalue weighted by Crippen LogP contribution is 2.28. The molecule has 1 unspecified atom stereocenters. The fourth-order valence-corrected chi connectivity index (χ4v) is 2.82. The lowest BCUT2D eigenvalue weighted by molar-refractivity contribution is -0.119. The fourth-order valence-electron chi connectivity index (χ4n) is 2.63. The minimum atomic E-state index is 0.0935. The summed E-state index contributed by atoms with van der Waals surface area (Å²) in [6, 6.07) is 6.16. The number of hydrogen-bond donors (Lipinski definition) is 1. The summed E-state index contributed by atoms with van der Waals surface area (Å²) in [5, 5.41) is 2.86. The first kappa shape index (κ1) is 11.5. The highest BCUT2D eigenvalue weighted by atomic mass is 35.5. The third-order valence-electron chi connectivity index (χ3n) is 3.43. The smallest absolute Gasteiger partial charge is 0.222 e. The average Bonchev–Trinajstić information content (AvgIpc) is 2.92. The first-order valence-electron chi connectivity index (χ1n) is 6.00. The molecule has 4 nitrogen and oxygen atoms in total. The van der Waals surface area contributed by atoms with Gasteiger partial charge in [0.15, 0.2) is 0 Å². The average molecular weight is 264 g/mol. The van der Waals surface area contributed by atoms with Crippen molar-refractivity contribution in [3.63, 3.8) is 0 Å². The number of benzene rings is 1. The van der Waals surface area contributed by atoms with E-state index in [2.05, 4.69) is 27.9 Å². The second kappa shape index (κ2) is 4.28. The molecule has 0 radical (unpaired) electrons. The van der Waals surface area contributed by atoms with E-state index in [0.29, 0.717) is 18.8 Å². The Labute approximate surface area is 110 Å². The third-order valence-corrected chi connectivity index (χ3v) is 3.66. The number of amides is 1. The van der Waals surface area contributed by atoms with Crippen molar-refractivity contribution in [3.05, 3.63) is 29.6 Å². The second-order valence-corrected chi connectivity index (χ2v) is 4.90. The minimum Gasteiger partial charge on any atom is -0.354 e. The van der Waals surface area contributed by atoms with Gasteiger partial charge in [-0.15, -0.1) is 11.6 Å². The zero-order valence-electron chi connectivity index (χ0n) is 10.1. The molecule has 1 N–H and O–H groups in total. The third kappa shape index (κ3) is 1.68. The van der Waals surface area contributed by atoms with Crippen molar-refractivity contribution in [1.82, 2.24) is 14.9 Å². The maximum absolute atomic E-state index is 11.4. The highest BCUT2D eigenvalue weighted by molar-refractivity contribution is 6.16. The van der Waals surface area contributed by atoms with E-state index in [-0.39, 0.29) is 11.9 Å². The van der Waals surface area contributed by atoms with Crippen LogP contribution >= 0.6 is 11.6 Å². The van der Waals surface area contributed by atoms with Gasteiger partial charge >= 0.3 is 0 Å². The molecule has 1 fully saturated rings. The van der Waals surface area contributed by atoms with Crippen LogP contribution in [0.2, 0.25) is 0 Å². The van der Waals surface area contributed by atoms with Crippen molar-refractivity contribution in [2.45, 2.75) is 25.3 Å². The first-order chi connectivity index (χ1) is 8.70. The van der Waals surface area contributed by atoms with E-state index in [0.717, 1.165) is 22.4 Å². The van der Waals surface area contributed by atoms with Gasteiger partial charge in [-0.2, -0.15) is 0 Å². The van der Waals surface area contributed by atoms with Crippen molar-refractivity contribution in [2.75, 3.05) is 6.54 Å². The topological polar surface area (TPSA) is 46.9 Å². The van der Waals surface area contributed by atoms with E-state index in [9.17, 15) is 4.79 Å². The lowest BCUT2D eigenvalue weighted by Gasteiger charge is -2.14. The number of carbonyl (C=O) groups is 1. The predicted molar refractivity (Wildman–Crippen MR) is 70.7 cm³/mol. The number of aromatic nitrogens is 2. The molecule has 1 aromatic heterocycles. The molecule has 0 spiro atoms. The molecule has 0 bridgehead atoms. The number of imidazole rings is 1. The van der Waals surface area contributed by atoms with Gasteiger partial charge in [0.05, 0.1) is 23.0 Å². The highest BCUT2D eigenvalue weighted by Gasteiger charge is 2.27. The Morgan fingerprint density at radius 2 is 2.39 bits per heavy atom. The van der Waals surface area contributed by atoms with Crippen molar-refractivity contribution in [3.8, 4) is 0 Å². The standard InChI is InChI=1S/C13H14ClN3O/c1-8-3-2-4-10-13(8)17(11(6-14)16-10)9-5-12(18)15-7-9/h2-4,9H,5-7H2,1H3,(H,15,18). The van der Waals surface area contributed by atoms with Gasteiger partial charge in [0.1, 0.15) is 5.82 Å². The van der Waals surface area contributed by atoms with Crippen LogP contribution in [0.25, 0.3) is 11.0 Å². The lowest BCUT2D eigenvalue weighted by atomic mass is 10.2. The number of para-hydroxylation sites is 1. The number of carbonyl (C=O) groups excluding carboxylic acids is 1.